The van der Waals surface area contributed by atoms with Crippen molar-refractivity contribution < 1.29 is 4.79 Å². The van der Waals surface area contributed by atoms with Crippen molar-refractivity contribution in [1.29, 1.82) is 0 Å². The predicted octanol–water partition coefficient (Wildman–Crippen LogP) is 0.913. The summed E-state index contributed by atoms with van der Waals surface area (Å²) in [6.45, 7) is 4.24. The maximum absolute atomic E-state index is 11.0. The molecule has 1 heterocycles. The molecule has 0 radical (unpaired) electrons. The zero-order valence-corrected chi connectivity index (χ0v) is 8.53. The predicted molar refractivity (Wildman–Crippen MR) is 50.7 cm³/mol. The summed E-state index contributed by atoms with van der Waals surface area (Å²) in [5, 5.41) is 4.10. The van der Waals surface area contributed by atoms with Crippen molar-refractivity contribution in [3.05, 3.63) is 17.5 Å². The van der Waals surface area contributed by atoms with Crippen molar-refractivity contribution >= 4 is 5.91 Å². The highest BCUT2D eigenvalue weighted by Gasteiger charge is 2.07. The number of carbonyl (C=O) groups is 1. The second-order valence-corrected chi connectivity index (χ2v) is 3.44. The van der Waals surface area contributed by atoms with Gasteiger partial charge >= 0.3 is 0 Å². The van der Waals surface area contributed by atoms with Crippen LogP contribution in [0.15, 0.2) is 6.20 Å². The van der Waals surface area contributed by atoms with E-state index in [1.165, 1.54) is 11.6 Å². The van der Waals surface area contributed by atoms with Gasteiger partial charge < -0.3 is 4.90 Å². The van der Waals surface area contributed by atoms with E-state index in [2.05, 4.69) is 10.00 Å². The lowest BCUT2D eigenvalue weighted by molar-refractivity contribution is 0.0920. The standard InChI is InChI=1S/C9H15N3O/c1-7-9(5-11(3)4)6-12(10-7)8(2)13/h6H,5H2,1-4H3. The topological polar surface area (TPSA) is 38.1 Å². The lowest BCUT2D eigenvalue weighted by Gasteiger charge is -2.06. The quantitative estimate of drug-likeness (QED) is 0.680. The fraction of sp³-hybridized carbons (Fsp3) is 0.556. The van der Waals surface area contributed by atoms with Gasteiger partial charge in [-0.2, -0.15) is 5.10 Å². The highest BCUT2D eigenvalue weighted by atomic mass is 16.2. The molecule has 0 aliphatic heterocycles. The number of carbonyl (C=O) groups excluding carboxylic acids is 1. The number of aromatic nitrogens is 2. The number of nitrogens with zero attached hydrogens (tertiary/aromatic N) is 3. The van der Waals surface area contributed by atoms with E-state index in [4.69, 9.17) is 0 Å². The summed E-state index contributed by atoms with van der Waals surface area (Å²) in [5.74, 6) is -0.0480. The fourth-order valence-corrected chi connectivity index (χ4v) is 1.15. The number of hydrogen-bond acceptors (Lipinski definition) is 3. The smallest absolute Gasteiger partial charge is 0.243 e. The van der Waals surface area contributed by atoms with Crippen molar-refractivity contribution in [3.8, 4) is 0 Å². The van der Waals surface area contributed by atoms with Crippen LogP contribution in [0.3, 0.4) is 0 Å². The molecule has 0 aliphatic carbocycles. The van der Waals surface area contributed by atoms with Gasteiger partial charge in [-0.3, -0.25) is 4.79 Å². The molecule has 0 unspecified atom stereocenters. The van der Waals surface area contributed by atoms with Gasteiger partial charge in [-0.05, 0) is 21.0 Å². The maximum Gasteiger partial charge on any atom is 0.243 e. The summed E-state index contributed by atoms with van der Waals surface area (Å²) >= 11 is 0. The van der Waals surface area contributed by atoms with E-state index in [-0.39, 0.29) is 5.91 Å². The Morgan fingerprint density at radius 2 is 2.23 bits per heavy atom. The summed E-state index contributed by atoms with van der Waals surface area (Å²) in [4.78, 5) is 13.0. The monoisotopic (exact) mass is 181 g/mol. The first kappa shape index (κ1) is 9.92. The molecule has 13 heavy (non-hydrogen) atoms. The highest BCUT2D eigenvalue weighted by molar-refractivity contribution is 5.75. The van der Waals surface area contributed by atoms with Crippen LogP contribution < -0.4 is 0 Å². The van der Waals surface area contributed by atoms with Crippen molar-refractivity contribution in [1.82, 2.24) is 14.7 Å². The minimum absolute atomic E-state index is 0.0480. The van der Waals surface area contributed by atoms with E-state index < -0.39 is 0 Å². The minimum Gasteiger partial charge on any atom is -0.305 e. The Kier molecular flexibility index (Phi) is 2.83. The van der Waals surface area contributed by atoms with E-state index in [0.29, 0.717) is 0 Å². The molecule has 0 bridgehead atoms. The summed E-state index contributed by atoms with van der Waals surface area (Å²) in [6.07, 6.45) is 1.79. The molecule has 4 nitrogen and oxygen atoms in total. The summed E-state index contributed by atoms with van der Waals surface area (Å²) < 4.78 is 1.38. The molecule has 0 spiro atoms. The Hall–Kier alpha value is -1.16. The summed E-state index contributed by atoms with van der Waals surface area (Å²) in [7, 11) is 3.98. The van der Waals surface area contributed by atoms with Crippen LogP contribution in [-0.2, 0) is 6.54 Å². The first-order chi connectivity index (χ1) is 6.00. The van der Waals surface area contributed by atoms with Crippen LogP contribution in [0, 0.1) is 6.92 Å². The van der Waals surface area contributed by atoms with Crippen LogP contribution in [0.25, 0.3) is 0 Å². The molecule has 0 saturated heterocycles. The van der Waals surface area contributed by atoms with Crippen molar-refractivity contribution in [3.63, 3.8) is 0 Å². The first-order valence-corrected chi connectivity index (χ1v) is 4.21. The second-order valence-electron chi connectivity index (χ2n) is 3.44. The van der Waals surface area contributed by atoms with Gasteiger partial charge in [0.05, 0.1) is 5.69 Å². The number of rotatable bonds is 2. The minimum atomic E-state index is -0.0480. The Morgan fingerprint density at radius 3 is 2.62 bits per heavy atom. The third-order valence-corrected chi connectivity index (χ3v) is 1.81. The molecule has 0 aliphatic rings. The lowest BCUT2D eigenvalue weighted by Crippen LogP contribution is -2.11. The SMILES string of the molecule is CC(=O)n1cc(CN(C)C)c(C)n1. The molecule has 0 atom stereocenters. The normalized spacial score (nSPS) is 10.8. The van der Waals surface area contributed by atoms with Crippen LogP contribution in [0.5, 0.6) is 0 Å². The molecule has 1 aromatic heterocycles. The van der Waals surface area contributed by atoms with Crippen LogP contribution in [0.1, 0.15) is 23.0 Å². The highest BCUT2D eigenvalue weighted by Crippen LogP contribution is 2.07. The van der Waals surface area contributed by atoms with E-state index in [9.17, 15) is 4.79 Å². The molecule has 0 saturated carbocycles. The van der Waals surface area contributed by atoms with Gasteiger partial charge in [0.25, 0.3) is 0 Å². The Morgan fingerprint density at radius 1 is 1.62 bits per heavy atom. The summed E-state index contributed by atoms with van der Waals surface area (Å²) in [5.41, 5.74) is 2.02. The Balaban J connectivity index is 2.90. The van der Waals surface area contributed by atoms with Crippen LogP contribution in [0.4, 0.5) is 0 Å². The molecular weight excluding hydrogens is 166 g/mol. The first-order valence-electron chi connectivity index (χ1n) is 4.21. The number of hydrogen-bond donors (Lipinski definition) is 0. The van der Waals surface area contributed by atoms with E-state index in [1.54, 1.807) is 6.20 Å². The largest absolute Gasteiger partial charge is 0.305 e. The molecule has 0 fully saturated rings. The third-order valence-electron chi connectivity index (χ3n) is 1.81. The van der Waals surface area contributed by atoms with Gasteiger partial charge in [-0.1, -0.05) is 0 Å². The molecule has 0 N–H and O–H groups in total. The van der Waals surface area contributed by atoms with Gasteiger partial charge in [-0.15, -0.1) is 0 Å². The van der Waals surface area contributed by atoms with Gasteiger partial charge in [-0.25, -0.2) is 4.68 Å². The third kappa shape index (κ3) is 2.39. The molecular formula is C9H15N3O. The molecule has 72 valence electrons. The zero-order chi connectivity index (χ0) is 10.0. The Labute approximate surface area is 78.1 Å². The van der Waals surface area contributed by atoms with Crippen LogP contribution in [-0.4, -0.2) is 34.7 Å². The maximum atomic E-state index is 11.0. The lowest BCUT2D eigenvalue weighted by atomic mass is 10.2. The molecule has 0 amide bonds. The Bertz CT molecular complexity index is 315. The van der Waals surface area contributed by atoms with E-state index >= 15 is 0 Å². The summed E-state index contributed by atoms with van der Waals surface area (Å²) in [6, 6.07) is 0. The van der Waals surface area contributed by atoms with Crippen molar-refractivity contribution in [2.24, 2.45) is 0 Å². The fourth-order valence-electron chi connectivity index (χ4n) is 1.15. The molecule has 4 heteroatoms. The zero-order valence-electron chi connectivity index (χ0n) is 8.53. The van der Waals surface area contributed by atoms with Gasteiger partial charge in [0.2, 0.25) is 5.91 Å². The van der Waals surface area contributed by atoms with Crippen LogP contribution in [0.2, 0.25) is 0 Å². The number of aryl methyl sites for hydroxylation is 1. The average Bonchev–Trinajstić information content (AvgIpc) is 2.31. The second kappa shape index (κ2) is 3.70. The van der Waals surface area contributed by atoms with Gasteiger partial charge in [0.1, 0.15) is 0 Å². The molecule has 1 rings (SSSR count). The molecule has 0 aromatic carbocycles. The van der Waals surface area contributed by atoms with Crippen molar-refractivity contribution in [2.75, 3.05) is 14.1 Å². The average molecular weight is 181 g/mol. The van der Waals surface area contributed by atoms with Crippen molar-refractivity contribution in [2.45, 2.75) is 20.4 Å². The van der Waals surface area contributed by atoms with E-state index in [1.807, 2.05) is 21.0 Å². The van der Waals surface area contributed by atoms with Gasteiger partial charge in [0.15, 0.2) is 0 Å². The van der Waals surface area contributed by atoms with E-state index in [0.717, 1.165) is 17.8 Å². The molecule has 1 aromatic rings. The van der Waals surface area contributed by atoms with Crippen LogP contribution >= 0.6 is 0 Å². The van der Waals surface area contributed by atoms with Gasteiger partial charge in [0, 0.05) is 25.2 Å².